The van der Waals surface area contributed by atoms with Gasteiger partial charge in [-0.05, 0) is 26.5 Å². The highest BCUT2D eigenvalue weighted by molar-refractivity contribution is 5.77. The molecule has 0 radical (unpaired) electrons. The average molecular weight is 264 g/mol. The average Bonchev–Trinajstić information content (AvgIpc) is 2.38. The Balaban J connectivity index is 2.59. The quantitative estimate of drug-likeness (QED) is 0.794. The van der Waals surface area contributed by atoms with Crippen LogP contribution in [0.25, 0.3) is 0 Å². The van der Waals surface area contributed by atoms with E-state index in [9.17, 15) is 4.79 Å². The number of hydrogen-bond donors (Lipinski definition) is 2. The molecule has 1 unspecified atom stereocenters. The van der Waals surface area contributed by atoms with Gasteiger partial charge in [-0.1, -0.05) is 25.1 Å². The van der Waals surface area contributed by atoms with Crippen molar-refractivity contribution in [2.45, 2.75) is 39.3 Å². The number of para-hydroxylation sites is 1. The number of nitrogens with one attached hydrogen (secondary N) is 2. The topological polar surface area (TPSA) is 50.4 Å². The lowest BCUT2D eigenvalue weighted by atomic mass is 10.1. The minimum Gasteiger partial charge on any atom is -0.496 e. The standard InChI is InChI=1S/C15H24N2O2/c1-5-16-11(2)10-15(18)17-12(3)13-8-6-7-9-14(13)19-4/h6-9,11-12,16H,5,10H2,1-4H3,(H,17,18)/t11?,12-/m0/s1. The van der Waals surface area contributed by atoms with Gasteiger partial charge < -0.3 is 15.4 Å². The van der Waals surface area contributed by atoms with Gasteiger partial charge in [-0.15, -0.1) is 0 Å². The van der Waals surface area contributed by atoms with Gasteiger partial charge in [0, 0.05) is 18.0 Å². The molecule has 4 heteroatoms. The van der Waals surface area contributed by atoms with Gasteiger partial charge in [-0.25, -0.2) is 0 Å². The molecule has 1 aromatic carbocycles. The molecule has 0 aromatic heterocycles. The van der Waals surface area contributed by atoms with E-state index < -0.39 is 0 Å². The van der Waals surface area contributed by atoms with E-state index in [1.807, 2.05) is 45.0 Å². The molecular weight excluding hydrogens is 240 g/mol. The lowest BCUT2D eigenvalue weighted by Crippen LogP contribution is -2.34. The summed E-state index contributed by atoms with van der Waals surface area (Å²) in [6.45, 7) is 6.88. The van der Waals surface area contributed by atoms with Gasteiger partial charge in [-0.3, -0.25) is 4.79 Å². The zero-order valence-corrected chi connectivity index (χ0v) is 12.2. The number of methoxy groups -OCH3 is 1. The number of carbonyl (C=O) groups is 1. The van der Waals surface area contributed by atoms with Crippen LogP contribution in [0.1, 0.15) is 38.8 Å². The van der Waals surface area contributed by atoms with Crippen LogP contribution in [-0.4, -0.2) is 25.6 Å². The lowest BCUT2D eigenvalue weighted by molar-refractivity contribution is -0.122. The maximum Gasteiger partial charge on any atom is 0.222 e. The Morgan fingerprint density at radius 1 is 1.32 bits per heavy atom. The van der Waals surface area contributed by atoms with E-state index in [1.54, 1.807) is 7.11 Å². The van der Waals surface area contributed by atoms with Crippen LogP contribution in [0.3, 0.4) is 0 Å². The van der Waals surface area contributed by atoms with Gasteiger partial charge in [0.25, 0.3) is 0 Å². The summed E-state index contributed by atoms with van der Waals surface area (Å²) in [6.07, 6.45) is 0.479. The molecule has 0 aliphatic heterocycles. The highest BCUT2D eigenvalue weighted by Gasteiger charge is 2.14. The third-order valence-electron chi connectivity index (χ3n) is 3.03. The molecule has 106 valence electrons. The van der Waals surface area contributed by atoms with E-state index in [4.69, 9.17) is 4.74 Å². The monoisotopic (exact) mass is 264 g/mol. The van der Waals surface area contributed by atoms with Crippen molar-refractivity contribution in [2.24, 2.45) is 0 Å². The Kier molecular flexibility index (Phi) is 6.36. The van der Waals surface area contributed by atoms with Gasteiger partial charge >= 0.3 is 0 Å². The summed E-state index contributed by atoms with van der Waals surface area (Å²) in [7, 11) is 1.64. The minimum absolute atomic E-state index is 0.0480. The van der Waals surface area contributed by atoms with E-state index in [1.165, 1.54) is 0 Å². The number of carbonyl (C=O) groups excluding carboxylic acids is 1. The predicted octanol–water partition coefficient (Wildman–Crippen LogP) is 2.26. The van der Waals surface area contributed by atoms with Crippen LogP contribution in [0.5, 0.6) is 5.75 Å². The molecule has 1 amide bonds. The highest BCUT2D eigenvalue weighted by atomic mass is 16.5. The first-order valence-electron chi connectivity index (χ1n) is 6.74. The van der Waals surface area contributed by atoms with E-state index in [-0.39, 0.29) is 18.0 Å². The second-order valence-electron chi connectivity index (χ2n) is 4.69. The summed E-state index contributed by atoms with van der Waals surface area (Å²) >= 11 is 0. The van der Waals surface area contributed by atoms with E-state index in [0.717, 1.165) is 17.9 Å². The van der Waals surface area contributed by atoms with Crippen LogP contribution in [0.2, 0.25) is 0 Å². The third kappa shape index (κ3) is 4.91. The SMILES string of the molecule is CCNC(C)CC(=O)N[C@@H](C)c1ccccc1OC. The van der Waals surface area contributed by atoms with Crippen molar-refractivity contribution in [1.29, 1.82) is 0 Å². The predicted molar refractivity (Wildman–Crippen MR) is 77.3 cm³/mol. The van der Waals surface area contributed by atoms with E-state index in [2.05, 4.69) is 10.6 Å². The van der Waals surface area contributed by atoms with Crippen LogP contribution < -0.4 is 15.4 Å². The summed E-state index contributed by atoms with van der Waals surface area (Å²) in [4.78, 5) is 11.9. The summed E-state index contributed by atoms with van der Waals surface area (Å²) in [5.41, 5.74) is 0.995. The minimum atomic E-state index is -0.0579. The zero-order valence-electron chi connectivity index (χ0n) is 12.2. The largest absolute Gasteiger partial charge is 0.496 e. The zero-order chi connectivity index (χ0) is 14.3. The van der Waals surface area contributed by atoms with Gasteiger partial charge in [0.2, 0.25) is 5.91 Å². The molecule has 1 aromatic rings. The number of amides is 1. The number of ether oxygens (including phenoxy) is 1. The maximum atomic E-state index is 11.9. The van der Waals surface area contributed by atoms with Crippen molar-refractivity contribution < 1.29 is 9.53 Å². The van der Waals surface area contributed by atoms with Crippen molar-refractivity contribution in [3.63, 3.8) is 0 Å². The van der Waals surface area contributed by atoms with Crippen molar-refractivity contribution in [2.75, 3.05) is 13.7 Å². The first-order chi connectivity index (χ1) is 9.08. The molecule has 4 nitrogen and oxygen atoms in total. The number of hydrogen-bond acceptors (Lipinski definition) is 3. The smallest absolute Gasteiger partial charge is 0.222 e. The molecule has 2 N–H and O–H groups in total. The first-order valence-corrected chi connectivity index (χ1v) is 6.74. The molecule has 0 fully saturated rings. The molecule has 0 spiro atoms. The fourth-order valence-corrected chi connectivity index (χ4v) is 2.10. The summed E-state index contributed by atoms with van der Waals surface area (Å²) in [5, 5.41) is 6.23. The molecule has 1 rings (SSSR count). The molecule has 0 saturated heterocycles. The molecule has 19 heavy (non-hydrogen) atoms. The highest BCUT2D eigenvalue weighted by Crippen LogP contribution is 2.24. The lowest BCUT2D eigenvalue weighted by Gasteiger charge is -2.19. The normalized spacial score (nSPS) is 13.7. The van der Waals surface area contributed by atoms with Gasteiger partial charge in [-0.2, -0.15) is 0 Å². The molecule has 0 saturated carbocycles. The van der Waals surface area contributed by atoms with Crippen LogP contribution >= 0.6 is 0 Å². The van der Waals surface area contributed by atoms with Crippen molar-refractivity contribution in [3.8, 4) is 5.75 Å². The first kappa shape index (κ1) is 15.5. The summed E-state index contributed by atoms with van der Waals surface area (Å²) in [5.74, 6) is 0.849. The van der Waals surface area contributed by atoms with Crippen LogP contribution in [0, 0.1) is 0 Å². The second kappa shape index (κ2) is 7.79. The van der Waals surface area contributed by atoms with Gasteiger partial charge in [0.1, 0.15) is 5.75 Å². The Bertz CT molecular complexity index is 407. The third-order valence-corrected chi connectivity index (χ3v) is 3.03. The fourth-order valence-electron chi connectivity index (χ4n) is 2.10. The molecule has 0 aliphatic rings. The molecule has 0 bridgehead atoms. The van der Waals surface area contributed by atoms with Crippen molar-refractivity contribution in [3.05, 3.63) is 29.8 Å². The number of rotatable bonds is 7. The Morgan fingerprint density at radius 3 is 2.63 bits per heavy atom. The molecule has 2 atom stereocenters. The fraction of sp³-hybridized carbons (Fsp3) is 0.533. The second-order valence-corrected chi connectivity index (χ2v) is 4.69. The molecular formula is C15H24N2O2. The van der Waals surface area contributed by atoms with Crippen molar-refractivity contribution >= 4 is 5.91 Å². The van der Waals surface area contributed by atoms with Gasteiger partial charge in [0.15, 0.2) is 0 Å². The van der Waals surface area contributed by atoms with Crippen LogP contribution in [0.4, 0.5) is 0 Å². The van der Waals surface area contributed by atoms with Crippen molar-refractivity contribution in [1.82, 2.24) is 10.6 Å². The molecule has 0 aliphatic carbocycles. The summed E-state index contributed by atoms with van der Waals surface area (Å²) in [6, 6.07) is 7.87. The Labute approximate surface area is 115 Å². The summed E-state index contributed by atoms with van der Waals surface area (Å²) < 4.78 is 5.30. The number of benzene rings is 1. The van der Waals surface area contributed by atoms with E-state index in [0.29, 0.717) is 6.42 Å². The molecule has 0 heterocycles. The van der Waals surface area contributed by atoms with E-state index >= 15 is 0 Å². The van der Waals surface area contributed by atoms with Crippen LogP contribution in [-0.2, 0) is 4.79 Å². The van der Waals surface area contributed by atoms with Crippen LogP contribution in [0.15, 0.2) is 24.3 Å². The Morgan fingerprint density at radius 2 is 2.00 bits per heavy atom. The van der Waals surface area contributed by atoms with Gasteiger partial charge in [0.05, 0.1) is 13.2 Å². The maximum absolute atomic E-state index is 11.9. The Hall–Kier alpha value is -1.55.